The van der Waals surface area contributed by atoms with Gasteiger partial charge in [0.2, 0.25) is 11.8 Å². The highest BCUT2D eigenvalue weighted by Crippen LogP contribution is 2.42. The van der Waals surface area contributed by atoms with Crippen molar-refractivity contribution in [1.82, 2.24) is 32.3 Å². The molecule has 6 atom stereocenters. The van der Waals surface area contributed by atoms with E-state index in [4.69, 9.17) is 42.1 Å². The highest BCUT2D eigenvalue weighted by molar-refractivity contribution is 7.20. The molecule has 80 heavy (non-hydrogen) atoms. The zero-order valence-electron chi connectivity index (χ0n) is 44.3. The van der Waals surface area contributed by atoms with E-state index in [1.165, 1.54) is 22.7 Å². The summed E-state index contributed by atoms with van der Waals surface area (Å²) in [6.45, 7) is 10.4. The number of carbonyl (C=O) groups excluding carboxylic acids is 8. The van der Waals surface area contributed by atoms with Gasteiger partial charge in [-0.3, -0.25) is 50.5 Å². The lowest BCUT2D eigenvalue weighted by Crippen LogP contribution is -2.44. The number of nitrogens with one attached hydrogen (secondary N) is 6. The van der Waals surface area contributed by atoms with Crippen molar-refractivity contribution < 1.29 is 57.3 Å². The molecule has 4 aromatic carbocycles. The Labute approximate surface area is 479 Å². The predicted octanol–water partition coefficient (Wildman–Crippen LogP) is 8.70. The number of rotatable bonds is 21. The molecule has 2 fully saturated rings. The van der Waals surface area contributed by atoms with E-state index in [1.54, 1.807) is 64.1 Å². The van der Waals surface area contributed by atoms with Crippen molar-refractivity contribution in [2.45, 2.75) is 116 Å². The zero-order chi connectivity index (χ0) is 57.4. The fourth-order valence-corrected chi connectivity index (χ4v) is 10.9. The van der Waals surface area contributed by atoms with Crippen LogP contribution in [0.15, 0.2) is 109 Å². The fraction of sp³-hybridized carbons (Fsp3) is 0.310. The van der Waals surface area contributed by atoms with Crippen LogP contribution in [0.2, 0.25) is 8.67 Å². The summed E-state index contributed by atoms with van der Waals surface area (Å²) in [7, 11) is 0. The van der Waals surface area contributed by atoms with Crippen molar-refractivity contribution in [3.8, 4) is 32.0 Å². The van der Waals surface area contributed by atoms with Gasteiger partial charge in [0, 0.05) is 39.3 Å². The van der Waals surface area contributed by atoms with Crippen LogP contribution in [0.3, 0.4) is 0 Å². The van der Waals surface area contributed by atoms with Crippen LogP contribution in [0, 0.1) is 0 Å². The molecule has 418 valence electrons. The summed E-state index contributed by atoms with van der Waals surface area (Å²) in [4.78, 5) is 105. The van der Waals surface area contributed by atoms with Gasteiger partial charge in [0.05, 0.1) is 28.6 Å². The highest BCUT2D eigenvalue weighted by atomic mass is 35.5. The van der Waals surface area contributed by atoms with Gasteiger partial charge in [-0.1, -0.05) is 89.9 Å². The third-order valence-corrected chi connectivity index (χ3v) is 15.5. The number of ether oxygens (including phenoxy) is 4. The SMILES string of the molecule is CC(C)OC(=O)C1OC1C(=O)NNC(=O)CCc1ccccc1C(=O)N[C@H](C)c1cccc(-c2cc(-c3ccc(CCC(=O)NNC(=O)C4OC4C(=O)OC(C)C)c(C(=O)N[C@H](C)c4cccc(-c5ccc(Cl)s5)c4)c3)c(Cl)s2)c1. The number of halogens is 2. The number of esters is 2. The molecule has 4 unspecified atom stereocenters. The number of amides is 6. The summed E-state index contributed by atoms with van der Waals surface area (Å²) in [6.07, 6.45) is -4.86. The maximum Gasteiger partial charge on any atom is 0.338 e. The number of benzene rings is 4. The number of hydrogen-bond acceptors (Lipinski definition) is 14. The number of aryl methyl sites for hydroxylation is 2. The molecule has 22 heteroatoms. The summed E-state index contributed by atoms with van der Waals surface area (Å²) < 4.78 is 21.6. The number of epoxide rings is 2. The maximum atomic E-state index is 14.4. The molecular weight excluding hydrogens is 1110 g/mol. The van der Waals surface area contributed by atoms with E-state index in [0.29, 0.717) is 42.1 Å². The van der Waals surface area contributed by atoms with Crippen molar-refractivity contribution in [1.29, 1.82) is 0 Å². The fourth-order valence-electron chi connectivity index (χ4n) is 8.56. The third-order valence-electron chi connectivity index (χ3n) is 12.8. The lowest BCUT2D eigenvalue weighted by atomic mass is 9.96. The van der Waals surface area contributed by atoms with Crippen LogP contribution < -0.4 is 32.3 Å². The predicted molar refractivity (Wildman–Crippen MR) is 302 cm³/mol. The molecule has 2 saturated heterocycles. The van der Waals surface area contributed by atoms with E-state index in [1.807, 2.05) is 86.6 Å². The second-order valence-electron chi connectivity index (χ2n) is 19.6. The lowest BCUT2D eigenvalue weighted by Gasteiger charge is -2.18. The molecule has 0 aliphatic carbocycles. The first-order valence-corrected chi connectivity index (χ1v) is 28.1. The quantitative estimate of drug-likeness (QED) is 0.0225. The summed E-state index contributed by atoms with van der Waals surface area (Å²) in [5.74, 6) is -4.53. The Balaban J connectivity index is 0.927. The van der Waals surface area contributed by atoms with E-state index in [-0.39, 0.29) is 43.8 Å². The van der Waals surface area contributed by atoms with Gasteiger partial charge in [0.25, 0.3) is 23.6 Å². The minimum atomic E-state index is -1.09. The Morgan fingerprint density at radius 2 is 1.02 bits per heavy atom. The molecule has 8 rings (SSSR count). The number of thiophene rings is 2. The average Bonchev–Trinajstić information content (AvgIpc) is 4.39. The standard InChI is InChI=1S/C58H58Cl2N6O12S2/c1-29(2)75-57(73)50-48(77-50)55(71)65-63-46(67)23-19-33-11-7-8-16-40(33)53(69)61-31(5)36-13-10-15-39(26-36)44-28-41(52(60)80-44)37-18-17-34(20-24-47(68)64-66-56(72)49-51(78-49)58(74)76-30(3)4)42(27-37)54(70)62-32(6)35-12-9-14-38(25-35)43-21-22-45(59)79-43/h7-18,21-22,25-32,48-51H,19-20,23-24H2,1-6H3,(H,61,69)(H,62,70)(H,63,67)(H,64,68)(H,65,71)(H,66,72)/t31-,32-,48?,49?,50?,51?/m1/s1. The number of hydrogen-bond donors (Lipinski definition) is 6. The van der Waals surface area contributed by atoms with Crippen molar-refractivity contribution in [3.05, 3.63) is 151 Å². The van der Waals surface area contributed by atoms with Gasteiger partial charge < -0.3 is 29.6 Å². The average molecular weight is 1170 g/mol. The zero-order valence-corrected chi connectivity index (χ0v) is 47.5. The summed E-state index contributed by atoms with van der Waals surface area (Å²) in [5.41, 5.74) is 15.9. The first kappa shape index (κ1) is 58.7. The van der Waals surface area contributed by atoms with Crippen molar-refractivity contribution in [2.75, 3.05) is 0 Å². The lowest BCUT2D eigenvalue weighted by molar-refractivity contribution is -0.149. The van der Waals surface area contributed by atoms with E-state index in [0.717, 1.165) is 32.0 Å². The molecule has 6 amide bonds. The van der Waals surface area contributed by atoms with Crippen LogP contribution in [0.5, 0.6) is 0 Å². The molecule has 4 heterocycles. The first-order chi connectivity index (χ1) is 38.2. The van der Waals surface area contributed by atoms with Gasteiger partial charge in [0.15, 0.2) is 24.4 Å². The van der Waals surface area contributed by atoms with Crippen LogP contribution in [-0.2, 0) is 60.6 Å². The van der Waals surface area contributed by atoms with Crippen LogP contribution in [0.1, 0.15) is 109 Å². The van der Waals surface area contributed by atoms with Gasteiger partial charge in [-0.05, 0) is 136 Å². The maximum absolute atomic E-state index is 14.4. The summed E-state index contributed by atoms with van der Waals surface area (Å²) >= 11 is 16.0. The number of carbonyl (C=O) groups is 8. The van der Waals surface area contributed by atoms with Crippen LogP contribution >= 0.6 is 45.9 Å². The highest BCUT2D eigenvalue weighted by Gasteiger charge is 2.53. The van der Waals surface area contributed by atoms with Gasteiger partial charge in [-0.2, -0.15) is 0 Å². The smallest absolute Gasteiger partial charge is 0.338 e. The Morgan fingerprint density at radius 1 is 0.512 bits per heavy atom. The minimum Gasteiger partial charge on any atom is -0.461 e. The third kappa shape index (κ3) is 15.3. The molecule has 6 aromatic rings. The normalized spacial score (nSPS) is 16.9. The van der Waals surface area contributed by atoms with Crippen LogP contribution in [-0.4, -0.2) is 84.0 Å². The van der Waals surface area contributed by atoms with E-state index >= 15 is 0 Å². The van der Waals surface area contributed by atoms with Crippen molar-refractivity contribution >= 4 is 93.3 Å². The Hall–Kier alpha value is -7.46. The molecule has 0 saturated carbocycles. The summed E-state index contributed by atoms with van der Waals surface area (Å²) in [6, 6.07) is 32.5. The minimum absolute atomic E-state index is 0.0572. The molecular formula is C58H58Cl2N6O12S2. The van der Waals surface area contributed by atoms with Crippen LogP contribution in [0.4, 0.5) is 0 Å². The molecule has 6 N–H and O–H groups in total. The molecule has 0 radical (unpaired) electrons. The first-order valence-electron chi connectivity index (χ1n) is 25.7. The van der Waals surface area contributed by atoms with Gasteiger partial charge in [-0.15, -0.1) is 22.7 Å². The van der Waals surface area contributed by atoms with Gasteiger partial charge >= 0.3 is 11.9 Å². The molecule has 0 bridgehead atoms. The Morgan fingerprint density at radius 3 is 1.55 bits per heavy atom. The Bertz CT molecular complexity index is 3340. The van der Waals surface area contributed by atoms with Gasteiger partial charge in [-0.25, -0.2) is 9.59 Å². The molecule has 0 spiro atoms. The van der Waals surface area contributed by atoms with Crippen molar-refractivity contribution in [3.63, 3.8) is 0 Å². The monoisotopic (exact) mass is 1160 g/mol. The second kappa shape index (κ2) is 26.2. The topological polar surface area (TPSA) is 252 Å². The van der Waals surface area contributed by atoms with E-state index < -0.39 is 78.0 Å². The summed E-state index contributed by atoms with van der Waals surface area (Å²) in [5, 5.41) is 6.21. The molecule has 2 aliphatic rings. The number of hydrazine groups is 2. The van der Waals surface area contributed by atoms with Crippen molar-refractivity contribution in [2.24, 2.45) is 0 Å². The molecule has 2 aliphatic heterocycles. The van der Waals surface area contributed by atoms with E-state index in [2.05, 4.69) is 32.3 Å². The van der Waals surface area contributed by atoms with Crippen LogP contribution in [0.25, 0.3) is 32.0 Å². The Kier molecular flexibility index (Phi) is 19.2. The molecule has 2 aromatic heterocycles. The van der Waals surface area contributed by atoms with E-state index in [9.17, 15) is 38.4 Å². The second-order valence-corrected chi connectivity index (χ2v) is 22.9. The van der Waals surface area contributed by atoms with Gasteiger partial charge in [0.1, 0.15) is 4.34 Å². The molecule has 18 nitrogen and oxygen atoms in total. The largest absolute Gasteiger partial charge is 0.461 e.